The van der Waals surface area contributed by atoms with Crippen molar-refractivity contribution in [2.75, 3.05) is 37.7 Å². The van der Waals surface area contributed by atoms with Gasteiger partial charge in [-0.1, -0.05) is 6.92 Å². The number of nitrogens with zero attached hydrogens (tertiary/aromatic N) is 1. The second kappa shape index (κ2) is 5.71. The van der Waals surface area contributed by atoms with Crippen molar-refractivity contribution < 1.29 is 4.74 Å². The van der Waals surface area contributed by atoms with E-state index < -0.39 is 0 Å². The van der Waals surface area contributed by atoms with Gasteiger partial charge < -0.3 is 10.5 Å². The number of hydrogen-bond donors (Lipinski definition) is 1. The fourth-order valence-electron chi connectivity index (χ4n) is 2.77. The van der Waals surface area contributed by atoms with Gasteiger partial charge in [-0.05, 0) is 25.0 Å². The summed E-state index contributed by atoms with van der Waals surface area (Å²) in [5.74, 6) is 2.52. The minimum atomic E-state index is 0.264. The van der Waals surface area contributed by atoms with E-state index in [9.17, 15) is 0 Å². The molecule has 2 unspecified atom stereocenters. The predicted octanol–water partition coefficient (Wildman–Crippen LogP) is 1.32. The minimum absolute atomic E-state index is 0.264. The fraction of sp³-hybridized carbons (Fsp3) is 1.00. The molecule has 2 aliphatic heterocycles. The van der Waals surface area contributed by atoms with Crippen LogP contribution in [-0.4, -0.2) is 54.3 Å². The Hall–Kier alpha value is 0.230. The molecule has 0 aromatic rings. The van der Waals surface area contributed by atoms with Crippen LogP contribution >= 0.6 is 11.8 Å². The molecule has 3 nitrogen and oxygen atoms in total. The fourth-order valence-corrected chi connectivity index (χ4v) is 4.09. The lowest BCUT2D eigenvalue weighted by molar-refractivity contribution is -0.0661. The van der Waals surface area contributed by atoms with E-state index in [1.807, 2.05) is 0 Å². The Morgan fingerprint density at radius 1 is 1.56 bits per heavy atom. The molecular formula is C12H24N2OS. The van der Waals surface area contributed by atoms with Gasteiger partial charge in [0.05, 0.1) is 12.7 Å². The first-order valence-corrected chi connectivity index (χ1v) is 7.61. The lowest BCUT2D eigenvalue weighted by Gasteiger charge is -2.48. The van der Waals surface area contributed by atoms with E-state index in [-0.39, 0.29) is 5.54 Å². The van der Waals surface area contributed by atoms with Crippen LogP contribution in [0.2, 0.25) is 0 Å². The zero-order valence-electron chi connectivity index (χ0n) is 10.3. The average Bonchev–Trinajstić information content (AvgIpc) is 2.39. The normalized spacial score (nSPS) is 37.5. The molecule has 0 bridgehead atoms. The summed E-state index contributed by atoms with van der Waals surface area (Å²) >= 11 is 2.07. The van der Waals surface area contributed by atoms with Gasteiger partial charge in [-0.3, -0.25) is 4.90 Å². The first-order chi connectivity index (χ1) is 7.80. The lowest BCUT2D eigenvalue weighted by Crippen LogP contribution is -2.61. The number of hydrogen-bond acceptors (Lipinski definition) is 4. The third-order valence-corrected chi connectivity index (χ3v) is 5.27. The number of rotatable bonds is 3. The molecule has 2 atom stereocenters. The van der Waals surface area contributed by atoms with Crippen LogP contribution in [0.1, 0.15) is 26.2 Å². The third-order valence-electron chi connectivity index (χ3n) is 3.95. The van der Waals surface area contributed by atoms with Crippen molar-refractivity contribution in [1.82, 2.24) is 4.90 Å². The van der Waals surface area contributed by atoms with Crippen molar-refractivity contribution in [1.29, 1.82) is 0 Å². The Labute approximate surface area is 103 Å². The SMILES string of the molecule is CCC1CN(C2(CN)CCCSC2)CCO1. The van der Waals surface area contributed by atoms with Gasteiger partial charge >= 0.3 is 0 Å². The second-order valence-electron chi connectivity index (χ2n) is 4.93. The van der Waals surface area contributed by atoms with E-state index in [1.54, 1.807) is 0 Å². The van der Waals surface area contributed by atoms with Gasteiger partial charge in [-0.25, -0.2) is 0 Å². The van der Waals surface area contributed by atoms with Crippen LogP contribution in [-0.2, 0) is 4.74 Å². The molecule has 0 spiro atoms. The van der Waals surface area contributed by atoms with Crippen molar-refractivity contribution in [2.24, 2.45) is 5.73 Å². The largest absolute Gasteiger partial charge is 0.376 e. The van der Waals surface area contributed by atoms with Crippen molar-refractivity contribution in [3.8, 4) is 0 Å². The molecule has 2 fully saturated rings. The summed E-state index contributed by atoms with van der Waals surface area (Å²) in [7, 11) is 0. The monoisotopic (exact) mass is 244 g/mol. The highest BCUT2D eigenvalue weighted by Crippen LogP contribution is 2.32. The van der Waals surface area contributed by atoms with E-state index >= 15 is 0 Å². The van der Waals surface area contributed by atoms with Crippen LogP contribution in [0.15, 0.2) is 0 Å². The van der Waals surface area contributed by atoms with Crippen LogP contribution in [0.25, 0.3) is 0 Å². The molecule has 0 amide bonds. The maximum atomic E-state index is 6.06. The summed E-state index contributed by atoms with van der Waals surface area (Å²) in [5, 5.41) is 0. The van der Waals surface area contributed by atoms with E-state index in [1.165, 1.54) is 24.3 Å². The van der Waals surface area contributed by atoms with Crippen molar-refractivity contribution >= 4 is 11.8 Å². The van der Waals surface area contributed by atoms with Crippen LogP contribution in [0.3, 0.4) is 0 Å². The number of thioether (sulfide) groups is 1. The first kappa shape index (κ1) is 12.7. The molecule has 2 rings (SSSR count). The number of morpholine rings is 1. The Morgan fingerprint density at radius 2 is 2.44 bits per heavy atom. The van der Waals surface area contributed by atoms with Crippen molar-refractivity contribution in [2.45, 2.75) is 37.8 Å². The minimum Gasteiger partial charge on any atom is -0.376 e. The molecular weight excluding hydrogens is 220 g/mol. The summed E-state index contributed by atoms with van der Waals surface area (Å²) < 4.78 is 5.75. The molecule has 0 saturated carbocycles. The Bertz CT molecular complexity index is 219. The zero-order chi connectivity index (χ0) is 11.4. The molecule has 2 saturated heterocycles. The summed E-state index contributed by atoms with van der Waals surface area (Å²) in [6, 6.07) is 0. The van der Waals surface area contributed by atoms with Gasteiger partial charge in [0.25, 0.3) is 0 Å². The van der Waals surface area contributed by atoms with E-state index in [0.29, 0.717) is 6.10 Å². The van der Waals surface area contributed by atoms with Crippen LogP contribution in [0.4, 0.5) is 0 Å². The van der Waals surface area contributed by atoms with E-state index in [4.69, 9.17) is 10.5 Å². The topological polar surface area (TPSA) is 38.5 Å². The number of nitrogens with two attached hydrogens (primary N) is 1. The maximum absolute atomic E-state index is 6.06. The average molecular weight is 244 g/mol. The van der Waals surface area contributed by atoms with Gasteiger partial charge in [0.2, 0.25) is 0 Å². The molecule has 0 aromatic carbocycles. The quantitative estimate of drug-likeness (QED) is 0.813. The summed E-state index contributed by atoms with van der Waals surface area (Å²) in [4.78, 5) is 2.61. The molecule has 16 heavy (non-hydrogen) atoms. The second-order valence-corrected chi connectivity index (χ2v) is 6.04. The van der Waals surface area contributed by atoms with Gasteiger partial charge in [-0.2, -0.15) is 11.8 Å². The van der Waals surface area contributed by atoms with Gasteiger partial charge in [0, 0.05) is 30.9 Å². The summed E-state index contributed by atoms with van der Waals surface area (Å²) in [6.07, 6.45) is 4.12. The Morgan fingerprint density at radius 3 is 3.06 bits per heavy atom. The molecule has 0 aliphatic carbocycles. The lowest BCUT2D eigenvalue weighted by atomic mass is 9.92. The summed E-state index contributed by atoms with van der Waals surface area (Å²) in [6.45, 7) is 6.03. The molecule has 2 heterocycles. The zero-order valence-corrected chi connectivity index (χ0v) is 11.1. The van der Waals surface area contributed by atoms with E-state index in [2.05, 4.69) is 23.6 Å². The Balaban J connectivity index is 2.01. The van der Waals surface area contributed by atoms with Gasteiger partial charge in [0.1, 0.15) is 0 Å². The highest BCUT2D eigenvalue weighted by atomic mass is 32.2. The van der Waals surface area contributed by atoms with Crippen LogP contribution in [0.5, 0.6) is 0 Å². The van der Waals surface area contributed by atoms with Crippen LogP contribution < -0.4 is 5.73 Å². The molecule has 94 valence electrons. The maximum Gasteiger partial charge on any atom is 0.0700 e. The molecule has 2 N–H and O–H groups in total. The van der Waals surface area contributed by atoms with Crippen molar-refractivity contribution in [3.05, 3.63) is 0 Å². The number of ether oxygens (including phenoxy) is 1. The highest BCUT2D eigenvalue weighted by Gasteiger charge is 2.39. The van der Waals surface area contributed by atoms with E-state index in [0.717, 1.165) is 32.7 Å². The van der Waals surface area contributed by atoms with Crippen molar-refractivity contribution in [3.63, 3.8) is 0 Å². The Kier molecular flexibility index (Phi) is 4.53. The summed E-state index contributed by atoms with van der Waals surface area (Å²) in [5.41, 5.74) is 6.32. The molecule has 2 aliphatic rings. The van der Waals surface area contributed by atoms with Crippen LogP contribution in [0, 0.1) is 0 Å². The highest BCUT2D eigenvalue weighted by molar-refractivity contribution is 7.99. The third kappa shape index (κ3) is 2.55. The van der Waals surface area contributed by atoms with Gasteiger partial charge in [-0.15, -0.1) is 0 Å². The molecule has 4 heteroatoms. The molecule has 0 aromatic heterocycles. The molecule has 0 radical (unpaired) electrons. The van der Waals surface area contributed by atoms with Gasteiger partial charge in [0.15, 0.2) is 0 Å². The predicted molar refractivity (Wildman–Crippen MR) is 69.9 cm³/mol. The standard InChI is InChI=1S/C12H24N2OS/c1-2-11-8-14(5-6-15-11)12(9-13)4-3-7-16-10-12/h11H,2-10,13H2,1H3. The first-order valence-electron chi connectivity index (χ1n) is 6.45. The smallest absolute Gasteiger partial charge is 0.0700 e.